The van der Waals surface area contributed by atoms with Gasteiger partial charge < -0.3 is 25.3 Å². The molecule has 1 amide bonds. The largest absolute Gasteiger partial charge is 0.465 e. The summed E-state index contributed by atoms with van der Waals surface area (Å²) < 4.78 is 16.6. The fourth-order valence-electron chi connectivity index (χ4n) is 4.30. The van der Waals surface area contributed by atoms with Crippen LogP contribution in [0.2, 0.25) is 0 Å². The molecule has 0 saturated heterocycles. The molecule has 3 unspecified atom stereocenters. The molecular formula is C26H34N2O5. The maximum Gasteiger partial charge on any atom is 0.337 e. The predicted octanol–water partition coefficient (Wildman–Crippen LogP) is 5.26. The fourth-order valence-corrected chi connectivity index (χ4v) is 4.30. The van der Waals surface area contributed by atoms with E-state index in [0.717, 1.165) is 12.8 Å². The number of esters is 1. The highest BCUT2D eigenvalue weighted by Crippen LogP contribution is 2.35. The van der Waals surface area contributed by atoms with Crippen LogP contribution in [0.3, 0.4) is 0 Å². The molecule has 0 spiro atoms. The lowest BCUT2D eigenvalue weighted by molar-refractivity contribution is -0.126. The van der Waals surface area contributed by atoms with Crippen LogP contribution in [0.4, 0.5) is 11.4 Å². The highest BCUT2D eigenvalue weighted by Gasteiger charge is 2.31. The molecule has 0 bridgehead atoms. The lowest BCUT2D eigenvalue weighted by Gasteiger charge is -2.37. The molecule has 0 heterocycles. The van der Waals surface area contributed by atoms with E-state index in [1.165, 1.54) is 13.5 Å². The van der Waals surface area contributed by atoms with Gasteiger partial charge in [-0.25, -0.2) is 4.79 Å². The molecule has 1 aliphatic carbocycles. The lowest BCUT2D eigenvalue weighted by atomic mass is 9.75. The number of methoxy groups -OCH3 is 1. The van der Waals surface area contributed by atoms with Crippen LogP contribution in [0.5, 0.6) is 11.5 Å². The zero-order valence-corrected chi connectivity index (χ0v) is 19.8. The van der Waals surface area contributed by atoms with Crippen LogP contribution in [0.25, 0.3) is 0 Å². The monoisotopic (exact) mass is 454 g/mol. The molecule has 1 aliphatic rings. The van der Waals surface area contributed by atoms with Crippen molar-refractivity contribution in [3.05, 3.63) is 48.0 Å². The maximum absolute atomic E-state index is 12.6. The summed E-state index contributed by atoms with van der Waals surface area (Å²) in [5.41, 5.74) is 7.38. The number of ether oxygens (including phenoxy) is 3. The smallest absolute Gasteiger partial charge is 0.337 e. The van der Waals surface area contributed by atoms with E-state index in [-0.39, 0.29) is 18.6 Å². The molecule has 178 valence electrons. The molecule has 0 radical (unpaired) electrons. The van der Waals surface area contributed by atoms with Crippen LogP contribution >= 0.6 is 0 Å². The molecule has 2 aromatic carbocycles. The summed E-state index contributed by atoms with van der Waals surface area (Å²) >= 11 is 0. The summed E-state index contributed by atoms with van der Waals surface area (Å²) in [6.07, 6.45) is 3.43. The Kier molecular flexibility index (Phi) is 8.33. The average Bonchev–Trinajstić information content (AvgIpc) is 2.79. The van der Waals surface area contributed by atoms with Crippen LogP contribution in [-0.2, 0) is 14.3 Å². The van der Waals surface area contributed by atoms with Crippen LogP contribution in [0, 0.1) is 17.8 Å². The minimum Gasteiger partial charge on any atom is -0.465 e. The number of hydrogen-bond donors (Lipinski definition) is 2. The molecule has 7 nitrogen and oxygen atoms in total. The SMILES string of the molecule is COC(=O)c1ccc(Oc2ccc(N)c(NC(=O)COC3CC(C)CCC3C(C)C)c2)cc1. The molecular weight excluding hydrogens is 420 g/mol. The Bertz CT molecular complexity index is 958. The first-order valence-corrected chi connectivity index (χ1v) is 11.4. The van der Waals surface area contributed by atoms with Gasteiger partial charge in [0.2, 0.25) is 5.91 Å². The van der Waals surface area contributed by atoms with E-state index < -0.39 is 5.97 Å². The van der Waals surface area contributed by atoms with Crippen molar-refractivity contribution in [3.63, 3.8) is 0 Å². The zero-order valence-electron chi connectivity index (χ0n) is 19.8. The zero-order chi connectivity index (χ0) is 24.0. The molecule has 0 aliphatic heterocycles. The Hall–Kier alpha value is -3.06. The summed E-state index contributed by atoms with van der Waals surface area (Å²) in [7, 11) is 1.33. The Morgan fingerprint density at radius 3 is 2.45 bits per heavy atom. The van der Waals surface area contributed by atoms with Crippen LogP contribution in [-0.4, -0.2) is 31.7 Å². The quantitative estimate of drug-likeness (QED) is 0.417. The number of hydrogen-bond acceptors (Lipinski definition) is 6. The second-order valence-corrected chi connectivity index (χ2v) is 9.09. The third-order valence-electron chi connectivity index (χ3n) is 6.20. The summed E-state index contributed by atoms with van der Waals surface area (Å²) in [4.78, 5) is 24.2. The molecule has 1 saturated carbocycles. The van der Waals surface area contributed by atoms with E-state index in [0.29, 0.717) is 46.2 Å². The predicted molar refractivity (Wildman–Crippen MR) is 128 cm³/mol. The van der Waals surface area contributed by atoms with Crippen LogP contribution in [0.15, 0.2) is 42.5 Å². The molecule has 0 aromatic heterocycles. The number of carbonyl (C=O) groups excluding carboxylic acids is 2. The van der Waals surface area contributed by atoms with Crippen molar-refractivity contribution in [1.82, 2.24) is 0 Å². The number of nitrogens with one attached hydrogen (secondary N) is 1. The van der Waals surface area contributed by atoms with Crippen molar-refractivity contribution in [1.29, 1.82) is 0 Å². The van der Waals surface area contributed by atoms with Gasteiger partial charge in [-0.2, -0.15) is 0 Å². The first kappa shape index (κ1) is 24.6. The van der Waals surface area contributed by atoms with Gasteiger partial charge in [-0.3, -0.25) is 4.79 Å². The fraction of sp³-hybridized carbons (Fsp3) is 0.462. The van der Waals surface area contributed by atoms with Crippen molar-refractivity contribution in [2.24, 2.45) is 17.8 Å². The summed E-state index contributed by atoms with van der Waals surface area (Å²) in [5, 5.41) is 2.83. The second-order valence-electron chi connectivity index (χ2n) is 9.09. The highest BCUT2D eigenvalue weighted by atomic mass is 16.5. The van der Waals surface area contributed by atoms with Crippen molar-refractivity contribution in [3.8, 4) is 11.5 Å². The van der Waals surface area contributed by atoms with Crippen LogP contribution in [0.1, 0.15) is 50.4 Å². The Morgan fingerprint density at radius 1 is 1.09 bits per heavy atom. The summed E-state index contributed by atoms with van der Waals surface area (Å²) in [5.74, 6) is 1.99. The van der Waals surface area contributed by atoms with Crippen LogP contribution < -0.4 is 15.8 Å². The first-order chi connectivity index (χ1) is 15.8. The molecule has 3 N–H and O–H groups in total. The Morgan fingerprint density at radius 2 is 1.79 bits per heavy atom. The van der Waals surface area contributed by atoms with E-state index in [2.05, 4.69) is 26.1 Å². The van der Waals surface area contributed by atoms with Gasteiger partial charge in [-0.05, 0) is 67.0 Å². The van der Waals surface area contributed by atoms with Gasteiger partial charge in [0.15, 0.2) is 0 Å². The normalized spacial score (nSPS) is 20.3. The number of rotatable bonds is 8. The number of nitrogens with two attached hydrogens (primary N) is 1. The first-order valence-electron chi connectivity index (χ1n) is 11.4. The Labute approximate surface area is 195 Å². The molecule has 2 aromatic rings. The maximum atomic E-state index is 12.6. The number of nitrogen functional groups attached to an aromatic ring is 1. The summed E-state index contributed by atoms with van der Waals surface area (Å²) in [6, 6.07) is 11.6. The third-order valence-corrected chi connectivity index (χ3v) is 6.20. The number of anilines is 2. The topological polar surface area (TPSA) is 99.9 Å². The van der Waals surface area contributed by atoms with E-state index in [4.69, 9.17) is 19.9 Å². The number of carbonyl (C=O) groups is 2. The average molecular weight is 455 g/mol. The standard InChI is InChI=1S/C26H34N2O5/c1-16(2)21-11-5-17(3)13-24(21)32-15-25(29)28-23-14-20(10-12-22(23)27)33-19-8-6-18(7-9-19)26(30)31-4/h6-10,12,14,16-17,21,24H,5,11,13,15,27H2,1-4H3,(H,28,29). The van der Waals surface area contributed by atoms with Gasteiger partial charge in [0.1, 0.15) is 18.1 Å². The van der Waals surface area contributed by atoms with E-state index in [1.807, 2.05) is 0 Å². The lowest BCUT2D eigenvalue weighted by Crippen LogP contribution is -2.36. The number of benzene rings is 2. The van der Waals surface area contributed by atoms with Gasteiger partial charge in [0, 0.05) is 6.07 Å². The molecule has 7 heteroatoms. The van der Waals surface area contributed by atoms with Gasteiger partial charge in [-0.1, -0.05) is 27.2 Å². The Balaban J connectivity index is 1.60. The molecule has 3 rings (SSSR count). The highest BCUT2D eigenvalue weighted by molar-refractivity contribution is 5.95. The number of amides is 1. The van der Waals surface area contributed by atoms with E-state index in [1.54, 1.807) is 42.5 Å². The van der Waals surface area contributed by atoms with Gasteiger partial charge in [-0.15, -0.1) is 0 Å². The van der Waals surface area contributed by atoms with Gasteiger partial charge in [0.05, 0.1) is 30.2 Å². The minimum atomic E-state index is -0.413. The second kappa shape index (κ2) is 11.2. The van der Waals surface area contributed by atoms with E-state index >= 15 is 0 Å². The van der Waals surface area contributed by atoms with Gasteiger partial charge >= 0.3 is 5.97 Å². The third kappa shape index (κ3) is 6.71. The van der Waals surface area contributed by atoms with Crippen molar-refractivity contribution in [2.75, 3.05) is 24.8 Å². The van der Waals surface area contributed by atoms with Crippen molar-refractivity contribution < 1.29 is 23.8 Å². The molecule has 1 fully saturated rings. The van der Waals surface area contributed by atoms with E-state index in [9.17, 15) is 9.59 Å². The van der Waals surface area contributed by atoms with Crippen molar-refractivity contribution >= 4 is 23.3 Å². The molecule has 3 atom stereocenters. The van der Waals surface area contributed by atoms with Gasteiger partial charge in [0.25, 0.3) is 0 Å². The minimum absolute atomic E-state index is 0.0138. The van der Waals surface area contributed by atoms with Crippen molar-refractivity contribution in [2.45, 2.75) is 46.1 Å². The molecule has 33 heavy (non-hydrogen) atoms. The summed E-state index contributed by atoms with van der Waals surface area (Å²) in [6.45, 7) is 6.65.